The molecule has 5 aliphatic rings. The maximum atomic E-state index is 13.1. The topological polar surface area (TPSA) is 147 Å². The Labute approximate surface area is 204 Å². The van der Waals surface area contributed by atoms with Crippen molar-refractivity contribution in [3.8, 4) is 0 Å². The number of carbonyl (C=O) groups excluding carboxylic acids is 2. The lowest BCUT2D eigenvalue weighted by Crippen LogP contribution is -2.71. The molecule has 0 aromatic carbocycles. The molecular formula is C21H27N6O5S2+. The summed E-state index contributed by atoms with van der Waals surface area (Å²) >= 11 is 2.64. The van der Waals surface area contributed by atoms with Gasteiger partial charge in [-0.15, -0.1) is 23.1 Å². The van der Waals surface area contributed by atoms with Gasteiger partial charge in [-0.25, -0.2) is 9.78 Å². The van der Waals surface area contributed by atoms with E-state index in [9.17, 15) is 19.5 Å². The molecule has 2 bridgehead atoms. The maximum Gasteiger partial charge on any atom is 0.352 e. The van der Waals surface area contributed by atoms with E-state index in [1.54, 1.807) is 5.38 Å². The zero-order chi connectivity index (χ0) is 24.0. The maximum absolute atomic E-state index is 13.1. The van der Waals surface area contributed by atoms with Gasteiger partial charge in [0.15, 0.2) is 10.8 Å². The third-order valence-corrected chi connectivity index (χ3v) is 9.27. The Bertz CT molecular complexity index is 1080. The fourth-order valence-corrected chi connectivity index (χ4v) is 7.37. The van der Waals surface area contributed by atoms with Gasteiger partial charge < -0.3 is 25.5 Å². The van der Waals surface area contributed by atoms with Crippen LogP contribution >= 0.6 is 23.1 Å². The molecule has 11 nitrogen and oxygen atoms in total. The number of carboxylic acid groups (broad SMARTS) is 1. The van der Waals surface area contributed by atoms with Crippen molar-refractivity contribution in [2.75, 3.05) is 44.8 Å². The molecule has 4 fully saturated rings. The third kappa shape index (κ3) is 3.95. The number of thioether (sulfide) groups is 1. The second-order valence-electron chi connectivity index (χ2n) is 9.21. The third-order valence-electron chi connectivity index (χ3n) is 7.26. The molecule has 6 rings (SSSR count). The summed E-state index contributed by atoms with van der Waals surface area (Å²) in [4.78, 5) is 48.4. The fourth-order valence-electron chi connectivity index (χ4n) is 5.49. The normalized spacial score (nSPS) is 30.6. The van der Waals surface area contributed by atoms with Crippen molar-refractivity contribution in [1.82, 2.24) is 15.2 Å². The van der Waals surface area contributed by atoms with Gasteiger partial charge in [-0.1, -0.05) is 5.16 Å². The Kier molecular flexibility index (Phi) is 6.02. The van der Waals surface area contributed by atoms with Gasteiger partial charge in [0.1, 0.15) is 36.5 Å². The van der Waals surface area contributed by atoms with Crippen LogP contribution in [0.15, 0.2) is 21.8 Å². The number of hydrogen-bond donors (Lipinski definition) is 3. The Morgan fingerprint density at radius 2 is 2.06 bits per heavy atom. The summed E-state index contributed by atoms with van der Waals surface area (Å²) in [6.07, 6.45) is 3.58. The molecule has 5 aliphatic heterocycles. The van der Waals surface area contributed by atoms with E-state index in [1.165, 1.54) is 43.0 Å². The molecular weight excluding hydrogens is 480 g/mol. The number of nitrogens with two attached hydrogens (primary N) is 1. The Hall–Kier alpha value is -2.64. The number of aromatic nitrogens is 1. The van der Waals surface area contributed by atoms with Gasteiger partial charge in [0.05, 0.1) is 19.6 Å². The molecule has 4 saturated heterocycles. The molecule has 4 N–H and O–H groups in total. The highest BCUT2D eigenvalue weighted by Gasteiger charge is 2.55. The molecule has 0 radical (unpaired) electrons. The minimum Gasteiger partial charge on any atom is -0.477 e. The van der Waals surface area contributed by atoms with Crippen LogP contribution in [0.1, 0.15) is 25.0 Å². The van der Waals surface area contributed by atoms with Crippen LogP contribution in [0.4, 0.5) is 5.13 Å². The highest BCUT2D eigenvalue weighted by molar-refractivity contribution is 8.00. The van der Waals surface area contributed by atoms with Crippen molar-refractivity contribution in [2.24, 2.45) is 11.1 Å². The number of anilines is 1. The summed E-state index contributed by atoms with van der Waals surface area (Å²) in [7, 11) is 1.30. The highest BCUT2D eigenvalue weighted by Crippen LogP contribution is 2.42. The number of nitrogen functional groups attached to an aromatic ring is 1. The molecule has 1 aromatic rings. The van der Waals surface area contributed by atoms with Gasteiger partial charge in [-0.3, -0.25) is 14.5 Å². The number of nitrogens with zero attached hydrogens (tertiary/aromatic N) is 4. The summed E-state index contributed by atoms with van der Waals surface area (Å²) < 4.78 is 0.920. The van der Waals surface area contributed by atoms with Crippen molar-refractivity contribution < 1.29 is 28.8 Å². The Balaban J connectivity index is 1.33. The number of nitrogens with one attached hydrogen (secondary N) is 1. The number of β-lactam (4-membered cyclic amide) rings is 1. The fraction of sp³-hybridized carbons (Fsp3) is 0.571. The lowest BCUT2D eigenvalue weighted by Gasteiger charge is -2.52. The smallest absolute Gasteiger partial charge is 0.352 e. The van der Waals surface area contributed by atoms with Gasteiger partial charge in [0, 0.05) is 16.7 Å². The number of oxime groups is 1. The average molecular weight is 508 g/mol. The zero-order valence-corrected chi connectivity index (χ0v) is 20.4. The van der Waals surface area contributed by atoms with E-state index in [0.29, 0.717) is 12.3 Å². The van der Waals surface area contributed by atoms with Crippen LogP contribution in [0.3, 0.4) is 0 Å². The number of carbonyl (C=O) groups is 3. The van der Waals surface area contributed by atoms with Crippen LogP contribution in [-0.2, 0) is 19.2 Å². The van der Waals surface area contributed by atoms with Gasteiger partial charge in [0.25, 0.3) is 11.8 Å². The second-order valence-corrected chi connectivity index (χ2v) is 11.2. The number of amides is 2. The van der Waals surface area contributed by atoms with Crippen molar-refractivity contribution >= 4 is 51.7 Å². The predicted octanol–water partition coefficient (Wildman–Crippen LogP) is 0.445. The first kappa shape index (κ1) is 23.1. The van der Waals surface area contributed by atoms with E-state index in [-0.39, 0.29) is 22.2 Å². The molecule has 0 aliphatic carbocycles. The zero-order valence-electron chi connectivity index (χ0n) is 18.7. The van der Waals surface area contributed by atoms with Gasteiger partial charge in [0.2, 0.25) is 0 Å². The van der Waals surface area contributed by atoms with E-state index >= 15 is 0 Å². The van der Waals surface area contributed by atoms with Crippen molar-refractivity contribution in [1.29, 1.82) is 0 Å². The van der Waals surface area contributed by atoms with Crippen molar-refractivity contribution in [3.63, 3.8) is 0 Å². The van der Waals surface area contributed by atoms with Crippen LogP contribution < -0.4 is 11.1 Å². The summed E-state index contributed by atoms with van der Waals surface area (Å²) in [5.41, 5.74) is 6.70. The van der Waals surface area contributed by atoms with Gasteiger partial charge in [-0.2, -0.15) is 0 Å². The standard InChI is InChI=1S/C21H26N6O5S2/c1-32-25-14(13-10-34-21(22)23-13)17(28)24-15-18(29)26-16(20(30)31)12(9-33-19(15)26)8-27-5-2-11(3-6-27)4-7-27/h10-11,15,19H,2-9H2,1H3,(H3-,22,23,24,28,30,31)/p+1/t11?,15-,19+,27?/m1/s1. The summed E-state index contributed by atoms with van der Waals surface area (Å²) in [5, 5.41) is 17.8. The van der Waals surface area contributed by atoms with E-state index < -0.39 is 29.2 Å². The van der Waals surface area contributed by atoms with Gasteiger partial charge >= 0.3 is 5.97 Å². The number of piperidine rings is 3. The van der Waals surface area contributed by atoms with Crippen LogP contribution in [0.2, 0.25) is 0 Å². The quantitative estimate of drug-likeness (QED) is 0.209. The minimum absolute atomic E-state index is 0.0810. The Morgan fingerprint density at radius 1 is 1.35 bits per heavy atom. The first-order chi connectivity index (χ1) is 16.3. The minimum atomic E-state index is -1.09. The molecule has 0 spiro atoms. The van der Waals surface area contributed by atoms with E-state index in [1.807, 2.05) is 0 Å². The van der Waals surface area contributed by atoms with Crippen LogP contribution in [0.25, 0.3) is 0 Å². The monoisotopic (exact) mass is 507 g/mol. The molecule has 0 unspecified atom stereocenters. The second kappa shape index (κ2) is 8.86. The van der Waals surface area contributed by atoms with E-state index in [2.05, 4.69) is 15.5 Å². The largest absolute Gasteiger partial charge is 0.477 e. The van der Waals surface area contributed by atoms with Crippen LogP contribution in [0, 0.1) is 5.92 Å². The van der Waals surface area contributed by atoms with Crippen molar-refractivity contribution in [2.45, 2.75) is 30.7 Å². The lowest BCUT2D eigenvalue weighted by molar-refractivity contribution is -0.938. The summed E-state index contributed by atoms with van der Waals surface area (Å²) in [6.45, 7) is 3.89. The summed E-state index contributed by atoms with van der Waals surface area (Å²) in [6, 6.07) is -0.857. The molecule has 2 atom stereocenters. The number of aliphatic carboxylic acids is 1. The molecule has 0 saturated carbocycles. The molecule has 34 heavy (non-hydrogen) atoms. The van der Waals surface area contributed by atoms with E-state index in [0.717, 1.165) is 46.9 Å². The van der Waals surface area contributed by atoms with Gasteiger partial charge in [-0.05, 0) is 25.2 Å². The average Bonchev–Trinajstić information content (AvgIpc) is 3.27. The van der Waals surface area contributed by atoms with Crippen LogP contribution in [-0.4, -0.2) is 93.4 Å². The highest BCUT2D eigenvalue weighted by atomic mass is 32.2. The molecule has 6 heterocycles. The Morgan fingerprint density at radius 3 is 2.65 bits per heavy atom. The first-order valence-corrected chi connectivity index (χ1v) is 13.1. The molecule has 182 valence electrons. The number of quaternary nitrogens is 1. The first-order valence-electron chi connectivity index (χ1n) is 11.2. The van der Waals surface area contributed by atoms with Crippen molar-refractivity contribution in [3.05, 3.63) is 22.3 Å². The molecule has 13 heteroatoms. The number of rotatable bonds is 7. The lowest BCUT2D eigenvalue weighted by atomic mass is 9.85. The number of thiazole rings is 1. The SMILES string of the molecule is CON=C(C(=O)N[C@@H]1C(=O)N2C(C(=O)O)=C(C[N+]34CCC(CC3)CC4)CS[C@@H]12)c1csc(N)n1. The molecule has 1 aromatic heterocycles. The molecule has 2 amide bonds. The number of fused-ring (bicyclic) bond motifs is 4. The summed E-state index contributed by atoms with van der Waals surface area (Å²) in [5.74, 6) is -0.831. The number of hydrogen-bond acceptors (Lipinski definition) is 9. The predicted molar refractivity (Wildman–Crippen MR) is 127 cm³/mol. The van der Waals surface area contributed by atoms with E-state index in [4.69, 9.17) is 10.6 Å². The number of carboxylic acids is 1. The van der Waals surface area contributed by atoms with Crippen LogP contribution in [0.5, 0.6) is 0 Å².